The molecule has 1 aromatic carbocycles. The summed E-state index contributed by atoms with van der Waals surface area (Å²) in [7, 11) is 1.80. The molecule has 7 heteroatoms. The maximum absolute atomic E-state index is 11.2. The van der Waals surface area contributed by atoms with Crippen LogP contribution in [0, 0.1) is 16.7 Å². The number of nitrogens with zero attached hydrogens (tertiary/aromatic N) is 3. The molecule has 2 aromatic heterocycles. The van der Waals surface area contributed by atoms with Crippen molar-refractivity contribution >= 4 is 17.7 Å². The zero-order chi connectivity index (χ0) is 19.9. The lowest BCUT2D eigenvalue weighted by molar-refractivity contribution is 0.685. The van der Waals surface area contributed by atoms with Gasteiger partial charge in [-0.1, -0.05) is 6.07 Å². The Hall–Kier alpha value is -3.66. The van der Waals surface area contributed by atoms with E-state index < -0.39 is 0 Å². The maximum atomic E-state index is 11.2. The zero-order valence-electron chi connectivity index (χ0n) is 15.7. The smallest absolute Gasteiger partial charge is 0.249 e. The number of rotatable bonds is 3. The minimum Gasteiger partial charge on any atom is -0.339 e. The van der Waals surface area contributed by atoms with E-state index in [0.29, 0.717) is 11.4 Å². The number of aromatic nitrogens is 3. The topological polar surface area (TPSA) is 110 Å². The van der Waals surface area contributed by atoms with E-state index in [-0.39, 0.29) is 5.56 Å². The monoisotopic (exact) mass is 374 g/mol. The van der Waals surface area contributed by atoms with Crippen LogP contribution in [0.5, 0.6) is 0 Å². The molecule has 0 unspecified atom stereocenters. The van der Waals surface area contributed by atoms with Crippen LogP contribution >= 0.6 is 0 Å². The van der Waals surface area contributed by atoms with Crippen LogP contribution in [0.3, 0.4) is 0 Å². The lowest BCUT2D eigenvalue weighted by Crippen LogP contribution is -2.09. The van der Waals surface area contributed by atoms with Gasteiger partial charge in [0.1, 0.15) is 5.82 Å². The highest BCUT2D eigenvalue weighted by Gasteiger charge is 2.08. The third-order valence-corrected chi connectivity index (χ3v) is 4.56. The van der Waals surface area contributed by atoms with Crippen molar-refractivity contribution in [3.63, 3.8) is 0 Å². The molecule has 0 saturated heterocycles. The third kappa shape index (κ3) is 4.74. The van der Waals surface area contributed by atoms with E-state index in [1.165, 1.54) is 42.7 Å². The second-order valence-corrected chi connectivity index (χ2v) is 6.63. The SMILES string of the molecule is Cn1cc(Nc2[nH]c(=O)ccc2C=N)cn1.N#Cc1ccc2c(c1)CCCC2. The van der Waals surface area contributed by atoms with Gasteiger partial charge in [0.05, 0.1) is 23.5 Å². The molecule has 3 N–H and O–H groups in total. The number of aromatic amines is 1. The average Bonchev–Trinajstić information content (AvgIpc) is 3.13. The lowest BCUT2D eigenvalue weighted by Gasteiger charge is -2.14. The van der Waals surface area contributed by atoms with E-state index >= 15 is 0 Å². The molecule has 0 aliphatic heterocycles. The van der Waals surface area contributed by atoms with Crippen molar-refractivity contribution in [3.05, 3.63) is 75.3 Å². The number of hydrogen-bond acceptors (Lipinski definition) is 5. The first kappa shape index (κ1) is 19.1. The highest BCUT2D eigenvalue weighted by Crippen LogP contribution is 2.21. The maximum Gasteiger partial charge on any atom is 0.249 e. The van der Waals surface area contributed by atoms with Crippen LogP contribution in [0.1, 0.15) is 35.1 Å². The highest BCUT2D eigenvalue weighted by molar-refractivity contribution is 5.85. The van der Waals surface area contributed by atoms with Crippen LogP contribution in [0.15, 0.2) is 47.5 Å². The number of nitriles is 1. The Balaban J connectivity index is 0.000000167. The Labute approximate surface area is 163 Å². The van der Waals surface area contributed by atoms with Crippen molar-refractivity contribution in [2.75, 3.05) is 5.32 Å². The van der Waals surface area contributed by atoms with Gasteiger partial charge in [0, 0.05) is 31.1 Å². The van der Waals surface area contributed by atoms with Crippen molar-refractivity contribution in [1.82, 2.24) is 14.8 Å². The van der Waals surface area contributed by atoms with E-state index in [1.54, 1.807) is 30.2 Å². The predicted molar refractivity (Wildman–Crippen MR) is 109 cm³/mol. The van der Waals surface area contributed by atoms with Crippen LogP contribution in [0.2, 0.25) is 0 Å². The van der Waals surface area contributed by atoms with Crippen molar-refractivity contribution in [1.29, 1.82) is 10.7 Å². The standard InChI is InChI=1S/C11H11N.C10H11N5O/c12-8-9-5-6-10-3-1-2-4-11(10)7-9;1-15-6-8(5-12-15)13-10-7(4-11)2-3-9(16)14-10/h5-7H,1-4H2;2-6,11H,1H3,(H2,13,14,16). The third-order valence-electron chi connectivity index (χ3n) is 4.56. The first-order chi connectivity index (χ1) is 13.6. The molecule has 0 saturated carbocycles. The normalized spacial score (nSPS) is 12.1. The first-order valence-corrected chi connectivity index (χ1v) is 9.10. The molecule has 0 radical (unpaired) electrons. The minimum atomic E-state index is -0.211. The summed E-state index contributed by atoms with van der Waals surface area (Å²) in [5, 5.41) is 22.9. The minimum absolute atomic E-state index is 0.211. The van der Waals surface area contributed by atoms with E-state index in [2.05, 4.69) is 27.5 Å². The summed E-state index contributed by atoms with van der Waals surface area (Å²) < 4.78 is 1.65. The number of fused-ring (bicyclic) bond motifs is 1. The van der Waals surface area contributed by atoms with E-state index in [1.807, 2.05) is 12.1 Å². The molecule has 0 amide bonds. The van der Waals surface area contributed by atoms with Crippen molar-refractivity contribution in [2.45, 2.75) is 25.7 Å². The summed E-state index contributed by atoms with van der Waals surface area (Å²) in [6, 6.07) is 11.2. The van der Waals surface area contributed by atoms with Gasteiger partial charge >= 0.3 is 0 Å². The van der Waals surface area contributed by atoms with Crippen LogP contribution in [-0.4, -0.2) is 21.0 Å². The molecule has 0 bridgehead atoms. The molecule has 4 rings (SSSR count). The van der Waals surface area contributed by atoms with Gasteiger partial charge in [-0.3, -0.25) is 9.48 Å². The second-order valence-electron chi connectivity index (χ2n) is 6.63. The fraction of sp³-hybridized carbons (Fsp3) is 0.238. The molecule has 7 nitrogen and oxygen atoms in total. The Morgan fingerprint density at radius 1 is 1.25 bits per heavy atom. The van der Waals surface area contributed by atoms with Gasteiger partial charge in [-0.15, -0.1) is 0 Å². The van der Waals surface area contributed by atoms with Gasteiger partial charge in [-0.25, -0.2) is 0 Å². The molecular formula is C21H22N6O. The van der Waals surface area contributed by atoms with Crippen molar-refractivity contribution in [2.24, 2.45) is 7.05 Å². The number of benzene rings is 1. The molecule has 0 spiro atoms. The molecule has 0 fully saturated rings. The number of nitrogens with one attached hydrogen (secondary N) is 3. The first-order valence-electron chi connectivity index (χ1n) is 9.10. The quantitative estimate of drug-likeness (QED) is 0.611. The zero-order valence-corrected chi connectivity index (χ0v) is 15.7. The highest BCUT2D eigenvalue weighted by atomic mass is 16.1. The van der Waals surface area contributed by atoms with Crippen LogP contribution in [0.4, 0.5) is 11.5 Å². The summed E-state index contributed by atoms with van der Waals surface area (Å²) >= 11 is 0. The summed E-state index contributed by atoms with van der Waals surface area (Å²) in [6.07, 6.45) is 9.53. The molecule has 2 heterocycles. The fourth-order valence-electron chi connectivity index (χ4n) is 3.14. The largest absolute Gasteiger partial charge is 0.339 e. The van der Waals surface area contributed by atoms with Crippen molar-refractivity contribution < 1.29 is 0 Å². The fourth-order valence-corrected chi connectivity index (χ4v) is 3.14. The van der Waals surface area contributed by atoms with Crippen LogP contribution in [0.25, 0.3) is 0 Å². The molecule has 1 aliphatic rings. The Morgan fingerprint density at radius 2 is 2.04 bits per heavy atom. The summed E-state index contributed by atoms with van der Waals surface area (Å²) in [6.45, 7) is 0. The van der Waals surface area contributed by atoms with Gasteiger partial charge < -0.3 is 15.7 Å². The molecule has 3 aromatic rings. The molecule has 1 aliphatic carbocycles. The Bertz CT molecular complexity index is 1070. The van der Waals surface area contributed by atoms with E-state index in [0.717, 1.165) is 17.7 Å². The van der Waals surface area contributed by atoms with Crippen molar-refractivity contribution in [3.8, 4) is 6.07 Å². The number of aryl methyl sites for hydroxylation is 3. The van der Waals surface area contributed by atoms with Gasteiger partial charge in [-0.05, 0) is 55.0 Å². The van der Waals surface area contributed by atoms with Gasteiger partial charge in [0.2, 0.25) is 5.56 Å². The molecule has 142 valence electrons. The van der Waals surface area contributed by atoms with Crippen LogP contribution in [-0.2, 0) is 19.9 Å². The molecule has 0 atom stereocenters. The van der Waals surface area contributed by atoms with Gasteiger partial charge in [0.25, 0.3) is 0 Å². The number of hydrogen-bond donors (Lipinski definition) is 3. The van der Waals surface area contributed by atoms with E-state index in [9.17, 15) is 4.79 Å². The second kappa shape index (κ2) is 8.82. The van der Waals surface area contributed by atoms with Gasteiger partial charge in [0.15, 0.2) is 0 Å². The summed E-state index contributed by atoms with van der Waals surface area (Å²) in [5.74, 6) is 0.496. The number of pyridine rings is 1. The predicted octanol–water partition coefficient (Wildman–Crippen LogP) is 3.29. The van der Waals surface area contributed by atoms with E-state index in [4.69, 9.17) is 10.7 Å². The lowest BCUT2D eigenvalue weighted by atomic mass is 9.91. The van der Waals surface area contributed by atoms with Crippen LogP contribution < -0.4 is 10.9 Å². The molecular weight excluding hydrogens is 352 g/mol. The summed E-state index contributed by atoms with van der Waals surface area (Å²) in [4.78, 5) is 13.8. The Kier molecular flexibility index (Phi) is 6.02. The average molecular weight is 374 g/mol. The summed E-state index contributed by atoms with van der Waals surface area (Å²) in [5.41, 5.74) is 4.80. The van der Waals surface area contributed by atoms with Gasteiger partial charge in [-0.2, -0.15) is 10.4 Å². The number of H-pyrrole nitrogens is 1. The number of anilines is 2. The molecule has 28 heavy (non-hydrogen) atoms. The Morgan fingerprint density at radius 3 is 2.71 bits per heavy atom.